The van der Waals surface area contributed by atoms with Gasteiger partial charge in [0, 0.05) is 28.5 Å². The summed E-state index contributed by atoms with van der Waals surface area (Å²) in [5.41, 5.74) is 1.87. The van der Waals surface area contributed by atoms with Crippen molar-refractivity contribution in [1.82, 2.24) is 9.80 Å². The number of carbonyl (C=O) groups excluding carboxylic acids is 2. The van der Waals surface area contributed by atoms with Gasteiger partial charge in [0.05, 0.1) is 30.2 Å². The molecule has 10 heteroatoms. The third-order valence-electron chi connectivity index (χ3n) is 6.72. The van der Waals surface area contributed by atoms with Gasteiger partial charge in [-0.15, -0.1) is 0 Å². The third kappa shape index (κ3) is 5.91. The van der Waals surface area contributed by atoms with Crippen LogP contribution in [0, 0.1) is 0 Å². The fourth-order valence-corrected chi connectivity index (χ4v) is 8.40. The summed E-state index contributed by atoms with van der Waals surface area (Å²) in [5, 5.41) is -0.659. The minimum Gasteiger partial charge on any atom is -0.469 e. The van der Waals surface area contributed by atoms with Crippen LogP contribution in [0.3, 0.4) is 0 Å². The van der Waals surface area contributed by atoms with E-state index in [1.807, 2.05) is 48.5 Å². The van der Waals surface area contributed by atoms with Crippen LogP contribution in [0.4, 0.5) is 4.79 Å². The van der Waals surface area contributed by atoms with Gasteiger partial charge in [-0.1, -0.05) is 62.5 Å². The van der Waals surface area contributed by atoms with Crippen molar-refractivity contribution in [2.75, 3.05) is 12.9 Å². The highest BCUT2D eigenvalue weighted by Gasteiger charge is 2.58. The van der Waals surface area contributed by atoms with Crippen LogP contribution < -0.4 is 0 Å². The number of rotatable bonds is 9. The number of unbranched alkanes of at least 4 members (excludes halogenated alkanes) is 1. The molecule has 2 aliphatic rings. The Hall–Kier alpha value is -1.91. The van der Waals surface area contributed by atoms with Crippen LogP contribution in [0.1, 0.15) is 36.8 Å². The maximum absolute atomic E-state index is 13.7. The number of halogens is 2. The Balaban J connectivity index is 1.61. The van der Waals surface area contributed by atoms with Crippen molar-refractivity contribution in [3.63, 3.8) is 0 Å². The lowest BCUT2D eigenvalue weighted by Crippen LogP contribution is -2.42. The third-order valence-corrected chi connectivity index (χ3v) is 9.95. The molecule has 2 heterocycles. The number of ether oxygens (including phenoxy) is 1. The van der Waals surface area contributed by atoms with E-state index in [4.69, 9.17) is 4.74 Å². The molecule has 0 radical (unpaired) electrons. The van der Waals surface area contributed by atoms with E-state index in [9.17, 15) is 18.0 Å². The minimum absolute atomic E-state index is 0.0476. The number of sulfone groups is 1. The monoisotopic (exact) mass is 626 g/mol. The van der Waals surface area contributed by atoms with Gasteiger partial charge in [0.1, 0.15) is 0 Å². The van der Waals surface area contributed by atoms with Gasteiger partial charge in [0.2, 0.25) is 0 Å². The maximum Gasteiger partial charge on any atom is 0.321 e. The van der Waals surface area contributed by atoms with Crippen LogP contribution in [-0.2, 0) is 32.5 Å². The van der Waals surface area contributed by atoms with Crippen molar-refractivity contribution >= 4 is 53.7 Å². The Kier molecular flexibility index (Phi) is 8.23. The molecule has 2 aromatic carbocycles. The molecule has 0 aliphatic carbocycles. The van der Waals surface area contributed by atoms with Crippen molar-refractivity contribution < 1.29 is 22.7 Å². The second-order valence-corrected chi connectivity index (χ2v) is 13.1. The first-order chi connectivity index (χ1) is 16.7. The van der Waals surface area contributed by atoms with Crippen LogP contribution in [0.25, 0.3) is 0 Å². The van der Waals surface area contributed by atoms with Gasteiger partial charge in [-0.2, -0.15) is 0 Å². The van der Waals surface area contributed by atoms with E-state index in [2.05, 4.69) is 31.9 Å². The molecule has 0 aromatic heterocycles. The average Bonchev–Trinajstić information content (AvgIpc) is 3.20. The lowest BCUT2D eigenvalue weighted by atomic mass is 10.0. The van der Waals surface area contributed by atoms with Crippen LogP contribution in [-0.4, -0.2) is 60.4 Å². The summed E-state index contributed by atoms with van der Waals surface area (Å²) < 4.78 is 33.1. The van der Waals surface area contributed by atoms with Crippen LogP contribution in [0.5, 0.6) is 0 Å². The van der Waals surface area contributed by atoms with Crippen molar-refractivity contribution in [1.29, 1.82) is 0 Å². The van der Waals surface area contributed by atoms with Crippen LogP contribution in [0.15, 0.2) is 57.5 Å². The average molecular weight is 628 g/mol. The Morgan fingerprint density at radius 3 is 2.17 bits per heavy atom. The number of hydrogen-bond donors (Lipinski definition) is 0. The molecule has 3 atom stereocenters. The van der Waals surface area contributed by atoms with E-state index in [0.717, 1.165) is 20.1 Å². The molecule has 0 bridgehead atoms. The normalized spacial score (nSPS) is 22.9. The van der Waals surface area contributed by atoms with E-state index in [-0.39, 0.29) is 24.2 Å². The number of fused-ring (bicyclic) bond motifs is 1. The smallest absolute Gasteiger partial charge is 0.321 e. The first kappa shape index (κ1) is 26.2. The molecule has 2 fully saturated rings. The molecule has 0 N–H and O–H groups in total. The van der Waals surface area contributed by atoms with Gasteiger partial charge >= 0.3 is 12.0 Å². The largest absolute Gasteiger partial charge is 0.469 e. The fourth-order valence-electron chi connectivity index (χ4n) is 5.13. The highest BCUT2D eigenvalue weighted by molar-refractivity contribution is 9.10. The SMILES string of the molecule is COC(=O)CCCC[C@H]1C2C(CS1(=O)=O)N(Cc1cccc(Br)c1)C(=O)N2Cc1cccc(Br)c1. The Morgan fingerprint density at radius 1 is 1.00 bits per heavy atom. The number of urea groups is 1. The summed E-state index contributed by atoms with van der Waals surface area (Å²) >= 11 is 6.96. The predicted molar refractivity (Wildman–Crippen MR) is 140 cm³/mol. The van der Waals surface area contributed by atoms with Crippen LogP contribution in [0.2, 0.25) is 0 Å². The van der Waals surface area contributed by atoms with Gasteiger partial charge in [-0.05, 0) is 48.2 Å². The van der Waals surface area contributed by atoms with Gasteiger partial charge < -0.3 is 14.5 Å². The number of hydrogen-bond acceptors (Lipinski definition) is 5. The van der Waals surface area contributed by atoms with E-state index in [0.29, 0.717) is 32.4 Å². The molecule has 35 heavy (non-hydrogen) atoms. The first-order valence-electron chi connectivity index (χ1n) is 11.5. The molecule has 7 nitrogen and oxygen atoms in total. The summed E-state index contributed by atoms with van der Waals surface area (Å²) in [4.78, 5) is 28.6. The van der Waals surface area contributed by atoms with Crippen molar-refractivity contribution in [3.8, 4) is 0 Å². The standard InChI is InChI=1S/C25H28Br2N2O5S/c1-34-23(30)11-3-2-10-22-24-21(16-35(22,32)33)28(14-17-6-4-8-19(26)12-17)25(31)29(24)15-18-7-5-9-20(27)13-18/h4-9,12-13,21-22,24H,2-3,10-11,14-16H2,1H3/t21?,22-,24?/m0/s1. The Morgan fingerprint density at radius 2 is 1.60 bits per heavy atom. The van der Waals surface area contributed by atoms with E-state index in [1.54, 1.807) is 9.80 Å². The molecular weight excluding hydrogens is 600 g/mol. The summed E-state index contributed by atoms with van der Waals surface area (Å²) in [7, 11) is -2.07. The second-order valence-electron chi connectivity index (χ2n) is 9.05. The summed E-state index contributed by atoms with van der Waals surface area (Å²) in [6.45, 7) is 0.682. The highest BCUT2D eigenvalue weighted by atomic mass is 79.9. The van der Waals surface area contributed by atoms with E-state index in [1.165, 1.54) is 7.11 Å². The zero-order valence-corrected chi connectivity index (χ0v) is 23.4. The topological polar surface area (TPSA) is 84.0 Å². The molecule has 2 amide bonds. The zero-order chi connectivity index (χ0) is 25.2. The number of benzene rings is 2. The van der Waals surface area contributed by atoms with Crippen molar-refractivity contribution in [3.05, 3.63) is 68.6 Å². The van der Waals surface area contributed by atoms with E-state index < -0.39 is 27.2 Å². The molecule has 2 saturated heterocycles. The van der Waals surface area contributed by atoms with Crippen molar-refractivity contribution in [2.24, 2.45) is 0 Å². The zero-order valence-electron chi connectivity index (χ0n) is 19.4. The molecule has 2 aromatic rings. The molecule has 4 rings (SSSR count). The molecule has 2 unspecified atom stereocenters. The lowest BCUT2D eigenvalue weighted by molar-refractivity contribution is -0.140. The molecule has 2 aliphatic heterocycles. The quantitative estimate of drug-likeness (QED) is 0.224. The summed E-state index contributed by atoms with van der Waals surface area (Å²) in [5.74, 6) is -0.349. The number of amides is 2. The number of methoxy groups -OCH3 is 1. The minimum atomic E-state index is -3.41. The number of carbonyl (C=O) groups is 2. The second kappa shape index (κ2) is 11.0. The van der Waals surface area contributed by atoms with Crippen LogP contribution >= 0.6 is 31.9 Å². The number of nitrogens with zero attached hydrogens (tertiary/aromatic N) is 2. The maximum atomic E-state index is 13.7. The number of esters is 1. The Bertz CT molecular complexity index is 1210. The highest BCUT2D eigenvalue weighted by Crippen LogP contribution is 2.40. The van der Waals surface area contributed by atoms with Gasteiger partial charge in [0.15, 0.2) is 9.84 Å². The van der Waals surface area contributed by atoms with Gasteiger partial charge in [-0.25, -0.2) is 13.2 Å². The Labute approximate surface area is 223 Å². The fraction of sp³-hybridized carbons (Fsp3) is 0.440. The predicted octanol–water partition coefficient (Wildman–Crippen LogP) is 4.92. The molecular formula is C25H28Br2N2O5S. The first-order valence-corrected chi connectivity index (χ1v) is 14.8. The molecule has 0 spiro atoms. The van der Waals surface area contributed by atoms with Gasteiger partial charge in [-0.3, -0.25) is 4.79 Å². The van der Waals surface area contributed by atoms with E-state index >= 15 is 0 Å². The molecule has 0 saturated carbocycles. The summed E-state index contributed by atoms with van der Waals surface area (Å²) in [6.07, 6.45) is 1.80. The van der Waals surface area contributed by atoms with Gasteiger partial charge in [0.25, 0.3) is 0 Å². The molecule has 188 valence electrons. The van der Waals surface area contributed by atoms with Crippen molar-refractivity contribution in [2.45, 2.75) is 56.1 Å². The summed E-state index contributed by atoms with van der Waals surface area (Å²) in [6, 6.07) is 14.5. The lowest BCUT2D eigenvalue weighted by Gasteiger charge is -2.27.